The van der Waals surface area contributed by atoms with E-state index in [4.69, 9.17) is 11.6 Å². The van der Waals surface area contributed by atoms with Gasteiger partial charge in [0.1, 0.15) is 0 Å². The zero-order chi connectivity index (χ0) is 16.7. The van der Waals surface area contributed by atoms with E-state index in [1.54, 1.807) is 37.2 Å². The Morgan fingerprint density at radius 2 is 1.91 bits per heavy atom. The van der Waals surface area contributed by atoms with Gasteiger partial charge < -0.3 is 15.1 Å². The third kappa shape index (κ3) is 4.91. The fourth-order valence-corrected chi connectivity index (χ4v) is 2.12. The number of carbonyl (C=O) groups excluding carboxylic acids is 2. The number of nitrogens with one attached hydrogen (secondary N) is 1. The Bertz CT molecular complexity index is 532. The fourth-order valence-electron chi connectivity index (χ4n) is 1.96. The van der Waals surface area contributed by atoms with Gasteiger partial charge in [-0.3, -0.25) is 4.79 Å². The average molecular weight is 326 g/mol. The summed E-state index contributed by atoms with van der Waals surface area (Å²) < 4.78 is 0. The van der Waals surface area contributed by atoms with E-state index in [-0.39, 0.29) is 11.9 Å². The molecular weight excluding hydrogens is 302 g/mol. The van der Waals surface area contributed by atoms with Crippen LogP contribution in [0.15, 0.2) is 18.2 Å². The summed E-state index contributed by atoms with van der Waals surface area (Å²) in [4.78, 5) is 27.5. The summed E-state index contributed by atoms with van der Waals surface area (Å²) in [5.74, 6) is -0.134. The number of benzene rings is 1. The predicted octanol–water partition coefficient (Wildman–Crippen LogP) is 3.70. The molecule has 0 aliphatic heterocycles. The van der Waals surface area contributed by atoms with Crippen LogP contribution in [-0.2, 0) is 0 Å². The average Bonchev–Trinajstić information content (AvgIpc) is 2.49. The van der Waals surface area contributed by atoms with Crippen LogP contribution in [0.25, 0.3) is 0 Å². The Balaban J connectivity index is 2.89. The van der Waals surface area contributed by atoms with Gasteiger partial charge in [0.25, 0.3) is 5.91 Å². The number of rotatable bonds is 6. The third-order valence-corrected chi connectivity index (χ3v) is 3.64. The van der Waals surface area contributed by atoms with Crippen LogP contribution in [0.3, 0.4) is 0 Å². The monoisotopic (exact) mass is 325 g/mol. The normalized spacial score (nSPS) is 10.2. The molecule has 0 heterocycles. The number of anilines is 1. The first-order valence-electron chi connectivity index (χ1n) is 7.47. The zero-order valence-corrected chi connectivity index (χ0v) is 14.4. The SMILES string of the molecule is CCCCN(CC)C(=O)Nc1cc(C(=O)N(C)C)ccc1Cl. The summed E-state index contributed by atoms with van der Waals surface area (Å²) in [7, 11) is 3.36. The molecule has 0 bridgehead atoms. The van der Waals surface area contributed by atoms with Crippen molar-refractivity contribution < 1.29 is 9.59 Å². The van der Waals surface area contributed by atoms with Crippen molar-refractivity contribution in [1.29, 1.82) is 0 Å². The molecule has 0 saturated carbocycles. The van der Waals surface area contributed by atoms with Crippen molar-refractivity contribution in [1.82, 2.24) is 9.80 Å². The molecule has 0 fully saturated rings. The van der Waals surface area contributed by atoms with Crippen molar-refractivity contribution in [3.05, 3.63) is 28.8 Å². The minimum atomic E-state index is -0.202. The van der Waals surface area contributed by atoms with Crippen LogP contribution in [-0.4, -0.2) is 48.9 Å². The summed E-state index contributed by atoms with van der Waals surface area (Å²) in [5, 5.41) is 3.20. The van der Waals surface area contributed by atoms with E-state index in [9.17, 15) is 9.59 Å². The van der Waals surface area contributed by atoms with Crippen molar-refractivity contribution in [2.24, 2.45) is 0 Å². The molecule has 0 radical (unpaired) electrons. The van der Waals surface area contributed by atoms with Crippen LogP contribution in [0.4, 0.5) is 10.5 Å². The van der Waals surface area contributed by atoms with Crippen molar-refractivity contribution in [3.8, 4) is 0 Å². The van der Waals surface area contributed by atoms with Crippen LogP contribution >= 0.6 is 11.6 Å². The number of hydrogen-bond acceptors (Lipinski definition) is 2. The maximum atomic E-state index is 12.3. The first-order chi connectivity index (χ1) is 10.4. The van der Waals surface area contributed by atoms with E-state index in [0.29, 0.717) is 29.4 Å². The second-order valence-electron chi connectivity index (χ2n) is 5.26. The molecule has 0 aromatic heterocycles. The van der Waals surface area contributed by atoms with Crippen LogP contribution in [0, 0.1) is 0 Å². The summed E-state index contributed by atoms with van der Waals surface area (Å²) in [6.45, 7) is 5.34. The van der Waals surface area contributed by atoms with E-state index >= 15 is 0 Å². The number of amides is 3. The fraction of sp³-hybridized carbons (Fsp3) is 0.500. The number of nitrogens with zero attached hydrogens (tertiary/aromatic N) is 2. The molecular formula is C16H24ClN3O2. The van der Waals surface area contributed by atoms with Gasteiger partial charge in [-0.05, 0) is 31.5 Å². The molecule has 1 N–H and O–H groups in total. The first-order valence-corrected chi connectivity index (χ1v) is 7.85. The highest BCUT2D eigenvalue weighted by atomic mass is 35.5. The minimum absolute atomic E-state index is 0.134. The summed E-state index contributed by atoms with van der Waals surface area (Å²) in [6, 6.07) is 4.67. The summed E-state index contributed by atoms with van der Waals surface area (Å²) >= 11 is 6.12. The minimum Gasteiger partial charge on any atom is -0.345 e. The predicted molar refractivity (Wildman–Crippen MR) is 90.6 cm³/mol. The number of halogens is 1. The molecule has 1 aromatic rings. The van der Waals surface area contributed by atoms with Gasteiger partial charge >= 0.3 is 6.03 Å². The highest BCUT2D eigenvalue weighted by Crippen LogP contribution is 2.24. The largest absolute Gasteiger partial charge is 0.345 e. The van der Waals surface area contributed by atoms with Gasteiger partial charge in [-0.15, -0.1) is 0 Å². The van der Waals surface area contributed by atoms with Gasteiger partial charge in [0, 0.05) is 32.7 Å². The van der Waals surface area contributed by atoms with Crippen molar-refractivity contribution in [2.45, 2.75) is 26.7 Å². The molecule has 0 saturated heterocycles. The van der Waals surface area contributed by atoms with E-state index < -0.39 is 0 Å². The van der Waals surface area contributed by atoms with Gasteiger partial charge in [-0.25, -0.2) is 4.79 Å². The van der Waals surface area contributed by atoms with Gasteiger partial charge in [0.15, 0.2) is 0 Å². The standard InChI is InChI=1S/C16H24ClN3O2/c1-5-7-10-20(6-2)16(22)18-14-11-12(8-9-13(14)17)15(21)19(3)4/h8-9,11H,5-7,10H2,1-4H3,(H,18,22). The van der Waals surface area contributed by atoms with Gasteiger partial charge in [0.2, 0.25) is 0 Å². The van der Waals surface area contributed by atoms with Crippen molar-refractivity contribution in [2.75, 3.05) is 32.5 Å². The lowest BCUT2D eigenvalue weighted by molar-refractivity contribution is 0.0827. The molecule has 22 heavy (non-hydrogen) atoms. The van der Waals surface area contributed by atoms with E-state index in [0.717, 1.165) is 12.8 Å². The van der Waals surface area contributed by atoms with Crippen molar-refractivity contribution >= 4 is 29.2 Å². The first kappa shape index (κ1) is 18.3. The number of hydrogen-bond donors (Lipinski definition) is 1. The van der Waals surface area contributed by atoms with Crippen LogP contribution in [0.2, 0.25) is 5.02 Å². The molecule has 0 aliphatic rings. The zero-order valence-electron chi connectivity index (χ0n) is 13.6. The van der Waals surface area contributed by atoms with E-state index in [2.05, 4.69) is 12.2 Å². The number of carbonyl (C=O) groups is 2. The molecule has 0 unspecified atom stereocenters. The second kappa shape index (κ2) is 8.63. The van der Waals surface area contributed by atoms with Gasteiger partial charge in [-0.2, -0.15) is 0 Å². The molecule has 5 nitrogen and oxygen atoms in total. The maximum absolute atomic E-state index is 12.3. The third-order valence-electron chi connectivity index (χ3n) is 3.31. The lowest BCUT2D eigenvalue weighted by Gasteiger charge is -2.21. The Morgan fingerprint density at radius 1 is 1.23 bits per heavy atom. The molecule has 0 atom stereocenters. The Kier molecular flexibility index (Phi) is 7.18. The smallest absolute Gasteiger partial charge is 0.321 e. The molecule has 0 spiro atoms. The quantitative estimate of drug-likeness (QED) is 0.867. The Morgan fingerprint density at radius 3 is 2.45 bits per heavy atom. The summed E-state index contributed by atoms with van der Waals surface area (Å²) in [6.07, 6.45) is 1.98. The van der Waals surface area contributed by atoms with Gasteiger partial charge in [-0.1, -0.05) is 24.9 Å². The molecule has 6 heteroatoms. The Hall–Kier alpha value is -1.75. The second-order valence-corrected chi connectivity index (χ2v) is 5.66. The maximum Gasteiger partial charge on any atom is 0.321 e. The lowest BCUT2D eigenvalue weighted by atomic mass is 10.2. The Labute approximate surface area is 137 Å². The molecule has 3 amide bonds. The molecule has 1 aromatic carbocycles. The number of unbranched alkanes of at least 4 members (excludes halogenated alkanes) is 1. The van der Waals surface area contributed by atoms with Crippen LogP contribution < -0.4 is 5.32 Å². The van der Waals surface area contributed by atoms with E-state index in [1.807, 2.05) is 6.92 Å². The topological polar surface area (TPSA) is 52.7 Å². The molecule has 122 valence electrons. The van der Waals surface area contributed by atoms with Gasteiger partial charge in [0.05, 0.1) is 10.7 Å². The highest BCUT2D eigenvalue weighted by molar-refractivity contribution is 6.33. The highest BCUT2D eigenvalue weighted by Gasteiger charge is 2.15. The number of urea groups is 1. The molecule has 0 aliphatic carbocycles. The van der Waals surface area contributed by atoms with Crippen LogP contribution in [0.5, 0.6) is 0 Å². The lowest BCUT2D eigenvalue weighted by Crippen LogP contribution is -2.35. The van der Waals surface area contributed by atoms with Crippen molar-refractivity contribution in [3.63, 3.8) is 0 Å². The van der Waals surface area contributed by atoms with Crippen LogP contribution in [0.1, 0.15) is 37.0 Å². The van der Waals surface area contributed by atoms with E-state index in [1.165, 1.54) is 4.90 Å². The summed E-state index contributed by atoms with van der Waals surface area (Å²) in [5.41, 5.74) is 0.940. The molecule has 1 rings (SSSR count).